The zero-order valence-corrected chi connectivity index (χ0v) is 12.8. The summed E-state index contributed by atoms with van der Waals surface area (Å²) < 4.78 is 5.45. The molecule has 18 heavy (non-hydrogen) atoms. The van der Waals surface area contributed by atoms with E-state index in [1.165, 1.54) is 5.56 Å². The summed E-state index contributed by atoms with van der Waals surface area (Å²) in [5.41, 5.74) is 2.47. The van der Waals surface area contributed by atoms with Crippen molar-refractivity contribution in [2.75, 3.05) is 13.7 Å². The van der Waals surface area contributed by atoms with Crippen molar-refractivity contribution in [1.29, 1.82) is 0 Å². The molecule has 1 N–H and O–H groups in total. The summed E-state index contributed by atoms with van der Waals surface area (Å²) in [4.78, 5) is 0. The summed E-state index contributed by atoms with van der Waals surface area (Å²) in [6, 6.07) is 3.95. The molecule has 0 saturated carbocycles. The molecule has 0 aliphatic rings. The second-order valence-corrected chi connectivity index (χ2v) is 6.13. The number of benzene rings is 1. The molecule has 2 nitrogen and oxygen atoms in total. The van der Waals surface area contributed by atoms with Crippen LogP contribution in [0.2, 0.25) is 5.02 Å². The van der Waals surface area contributed by atoms with E-state index in [2.05, 4.69) is 26.1 Å². The van der Waals surface area contributed by atoms with Gasteiger partial charge >= 0.3 is 0 Å². The lowest BCUT2D eigenvalue weighted by Gasteiger charge is -2.20. The number of methoxy groups -OCH3 is 1. The fraction of sp³-hybridized carbons (Fsp3) is 0.600. The first-order valence-corrected chi connectivity index (χ1v) is 6.79. The Morgan fingerprint density at radius 1 is 1.28 bits per heavy atom. The molecule has 0 amide bonds. The summed E-state index contributed by atoms with van der Waals surface area (Å²) in [5, 5.41) is 4.27. The van der Waals surface area contributed by atoms with E-state index in [1.54, 1.807) is 7.11 Å². The van der Waals surface area contributed by atoms with Gasteiger partial charge in [-0.05, 0) is 70.3 Å². The Labute approximate surface area is 116 Å². The summed E-state index contributed by atoms with van der Waals surface area (Å²) in [5.74, 6) is 0.968. The minimum Gasteiger partial charge on any atom is -0.496 e. The van der Waals surface area contributed by atoms with Gasteiger partial charge in [0.15, 0.2) is 0 Å². The van der Waals surface area contributed by atoms with E-state index in [4.69, 9.17) is 16.3 Å². The van der Waals surface area contributed by atoms with Crippen molar-refractivity contribution in [1.82, 2.24) is 5.32 Å². The SMILES string of the molecule is COc1c(C)cc(Cl)cc1CCCNC(C)(C)C. The third kappa shape index (κ3) is 4.87. The van der Waals surface area contributed by atoms with Gasteiger partial charge in [0.25, 0.3) is 0 Å². The number of hydrogen-bond acceptors (Lipinski definition) is 2. The predicted octanol–water partition coefficient (Wildman–Crippen LogP) is 3.98. The smallest absolute Gasteiger partial charge is 0.125 e. The molecule has 1 rings (SSSR count). The van der Waals surface area contributed by atoms with Crippen molar-refractivity contribution < 1.29 is 4.74 Å². The first-order chi connectivity index (χ1) is 8.33. The molecule has 0 aromatic heterocycles. The van der Waals surface area contributed by atoms with Crippen LogP contribution in [0.25, 0.3) is 0 Å². The Balaban J connectivity index is 2.61. The lowest BCUT2D eigenvalue weighted by Crippen LogP contribution is -2.36. The molecule has 1 aromatic carbocycles. The van der Waals surface area contributed by atoms with E-state index < -0.39 is 0 Å². The number of rotatable bonds is 5. The van der Waals surface area contributed by atoms with Crippen LogP contribution < -0.4 is 10.1 Å². The highest BCUT2D eigenvalue weighted by atomic mass is 35.5. The van der Waals surface area contributed by atoms with E-state index in [0.717, 1.165) is 35.7 Å². The molecule has 0 aliphatic carbocycles. The normalized spacial score (nSPS) is 11.7. The van der Waals surface area contributed by atoms with Crippen LogP contribution in [0.4, 0.5) is 0 Å². The maximum absolute atomic E-state index is 6.09. The zero-order valence-electron chi connectivity index (χ0n) is 12.1. The molecule has 1 aromatic rings. The van der Waals surface area contributed by atoms with Crippen LogP contribution in [0, 0.1) is 6.92 Å². The number of hydrogen-bond donors (Lipinski definition) is 1. The molecule has 0 radical (unpaired) electrons. The predicted molar refractivity (Wildman–Crippen MR) is 78.8 cm³/mol. The highest BCUT2D eigenvalue weighted by molar-refractivity contribution is 6.30. The quantitative estimate of drug-likeness (QED) is 0.817. The summed E-state index contributed by atoms with van der Waals surface area (Å²) in [6.45, 7) is 9.56. The molecule has 3 heteroatoms. The summed E-state index contributed by atoms with van der Waals surface area (Å²) in [6.07, 6.45) is 2.06. The first kappa shape index (κ1) is 15.3. The third-order valence-electron chi connectivity index (χ3n) is 2.80. The number of ether oxygens (including phenoxy) is 1. The Bertz CT molecular complexity index is 396. The van der Waals surface area contributed by atoms with E-state index in [1.807, 2.05) is 19.1 Å². The lowest BCUT2D eigenvalue weighted by atomic mass is 10.0. The molecule has 0 saturated heterocycles. The monoisotopic (exact) mass is 269 g/mol. The maximum atomic E-state index is 6.09. The highest BCUT2D eigenvalue weighted by Gasteiger charge is 2.10. The van der Waals surface area contributed by atoms with Crippen molar-refractivity contribution in [2.24, 2.45) is 0 Å². The fourth-order valence-electron chi connectivity index (χ4n) is 2.02. The topological polar surface area (TPSA) is 21.3 Å². The van der Waals surface area contributed by atoms with Crippen LogP contribution in [-0.2, 0) is 6.42 Å². The largest absolute Gasteiger partial charge is 0.496 e. The van der Waals surface area contributed by atoms with Crippen molar-refractivity contribution in [3.05, 3.63) is 28.3 Å². The van der Waals surface area contributed by atoms with Gasteiger partial charge in [-0.25, -0.2) is 0 Å². The molecule has 0 unspecified atom stereocenters. The van der Waals surface area contributed by atoms with Gasteiger partial charge in [0.1, 0.15) is 5.75 Å². The van der Waals surface area contributed by atoms with Gasteiger partial charge in [-0.1, -0.05) is 11.6 Å². The molecular weight excluding hydrogens is 246 g/mol. The standard InChI is InChI=1S/C15H24ClNO/c1-11-9-13(16)10-12(14(11)18-5)7-6-8-17-15(2,3)4/h9-10,17H,6-8H2,1-5H3. The van der Waals surface area contributed by atoms with Crippen molar-refractivity contribution in [3.63, 3.8) is 0 Å². The van der Waals surface area contributed by atoms with Gasteiger partial charge in [-0.2, -0.15) is 0 Å². The molecule has 0 spiro atoms. The average Bonchev–Trinajstić information content (AvgIpc) is 2.22. The van der Waals surface area contributed by atoms with Crippen molar-refractivity contribution >= 4 is 11.6 Å². The van der Waals surface area contributed by atoms with Crippen LogP contribution in [0.3, 0.4) is 0 Å². The Kier molecular flexibility index (Phi) is 5.48. The molecule has 0 atom stereocenters. The van der Waals surface area contributed by atoms with Crippen molar-refractivity contribution in [2.45, 2.75) is 46.1 Å². The highest BCUT2D eigenvalue weighted by Crippen LogP contribution is 2.28. The molecule has 0 fully saturated rings. The molecule has 0 heterocycles. The van der Waals surface area contributed by atoms with Crippen LogP contribution in [0.1, 0.15) is 38.3 Å². The van der Waals surface area contributed by atoms with Crippen LogP contribution in [0.15, 0.2) is 12.1 Å². The second-order valence-electron chi connectivity index (χ2n) is 5.70. The second kappa shape index (κ2) is 6.44. The number of nitrogens with one attached hydrogen (secondary N) is 1. The van der Waals surface area contributed by atoms with E-state index in [9.17, 15) is 0 Å². The first-order valence-electron chi connectivity index (χ1n) is 6.41. The zero-order chi connectivity index (χ0) is 13.8. The van der Waals surface area contributed by atoms with Gasteiger partial charge in [0.05, 0.1) is 7.11 Å². The Morgan fingerprint density at radius 2 is 1.94 bits per heavy atom. The van der Waals surface area contributed by atoms with Gasteiger partial charge in [-0.3, -0.25) is 0 Å². The van der Waals surface area contributed by atoms with Crippen LogP contribution in [-0.4, -0.2) is 19.2 Å². The Hall–Kier alpha value is -0.730. The maximum Gasteiger partial charge on any atom is 0.125 e. The van der Waals surface area contributed by atoms with Gasteiger partial charge < -0.3 is 10.1 Å². The van der Waals surface area contributed by atoms with E-state index in [0.29, 0.717) is 0 Å². The van der Waals surface area contributed by atoms with Gasteiger partial charge in [0.2, 0.25) is 0 Å². The summed E-state index contributed by atoms with van der Waals surface area (Å²) >= 11 is 6.09. The van der Waals surface area contributed by atoms with Crippen LogP contribution in [0.5, 0.6) is 5.75 Å². The van der Waals surface area contributed by atoms with Crippen LogP contribution >= 0.6 is 11.6 Å². The minimum atomic E-state index is 0.175. The molecule has 102 valence electrons. The summed E-state index contributed by atoms with van der Waals surface area (Å²) in [7, 11) is 1.72. The fourth-order valence-corrected chi connectivity index (χ4v) is 2.31. The molecule has 0 aliphatic heterocycles. The number of halogens is 1. The minimum absolute atomic E-state index is 0.175. The van der Waals surface area contributed by atoms with E-state index >= 15 is 0 Å². The third-order valence-corrected chi connectivity index (χ3v) is 3.02. The van der Waals surface area contributed by atoms with Gasteiger partial charge in [-0.15, -0.1) is 0 Å². The number of aryl methyl sites for hydroxylation is 2. The molecule has 0 bridgehead atoms. The Morgan fingerprint density at radius 3 is 2.50 bits per heavy atom. The molecular formula is C15H24ClNO. The average molecular weight is 270 g/mol. The van der Waals surface area contributed by atoms with E-state index in [-0.39, 0.29) is 5.54 Å². The van der Waals surface area contributed by atoms with Crippen molar-refractivity contribution in [3.8, 4) is 5.75 Å². The van der Waals surface area contributed by atoms with Gasteiger partial charge in [0, 0.05) is 10.6 Å². The lowest BCUT2D eigenvalue weighted by molar-refractivity contribution is 0.402.